The summed E-state index contributed by atoms with van der Waals surface area (Å²) in [6.45, 7) is 21.2. The molecule has 0 aromatic heterocycles. The maximum atomic E-state index is 11.9. The first-order valence-corrected chi connectivity index (χ1v) is 15.0. The lowest BCUT2D eigenvalue weighted by molar-refractivity contribution is -0.116. The van der Waals surface area contributed by atoms with Crippen LogP contribution in [-0.2, 0) is 4.79 Å². The first kappa shape index (κ1) is 34.7. The van der Waals surface area contributed by atoms with E-state index in [0.29, 0.717) is 6.42 Å². The Morgan fingerprint density at radius 3 is 1.57 bits per heavy atom. The number of carbonyl (C=O) groups is 1. The molecule has 0 aromatic carbocycles. The molecule has 0 aromatic rings. The Bertz CT molecular complexity index is 1380. The van der Waals surface area contributed by atoms with E-state index < -0.39 is 0 Å². The van der Waals surface area contributed by atoms with E-state index in [2.05, 4.69) is 147 Å². The van der Waals surface area contributed by atoms with Gasteiger partial charge in [-0.25, -0.2) is 0 Å². The zero-order chi connectivity index (χ0) is 31.5. The van der Waals surface area contributed by atoms with E-state index >= 15 is 0 Å². The van der Waals surface area contributed by atoms with Gasteiger partial charge in [-0.05, 0) is 87.2 Å². The molecule has 2 heteroatoms. The fourth-order valence-electron chi connectivity index (χ4n) is 5.52. The van der Waals surface area contributed by atoms with Crippen molar-refractivity contribution in [3.8, 4) is 0 Å². The van der Waals surface area contributed by atoms with Crippen molar-refractivity contribution in [1.29, 1.82) is 0 Å². The van der Waals surface area contributed by atoms with Gasteiger partial charge in [0.05, 0.1) is 6.10 Å². The molecule has 0 radical (unpaired) electrons. The number of aliphatic hydroxyl groups excluding tert-OH is 1. The standard InChI is InChI=1S/C40H52O2/c1-29(17-13-19-31(3)21-23-37-33(5)25-35(41)27-39(37,7)8)15-11-12-16-30(2)18-14-20-32(4)22-24-38-34(6)26-36(42)28-40(38,9)10/h11-26,35,41H,27-28H2,1-10H3. The van der Waals surface area contributed by atoms with Gasteiger partial charge >= 0.3 is 0 Å². The fraction of sp³-hybridized carbons (Fsp3) is 0.375. The number of carbonyl (C=O) groups excluding carboxylic acids is 1. The molecule has 0 aliphatic heterocycles. The monoisotopic (exact) mass is 564 g/mol. The summed E-state index contributed by atoms with van der Waals surface area (Å²) < 4.78 is 0. The van der Waals surface area contributed by atoms with Crippen LogP contribution >= 0.6 is 0 Å². The number of rotatable bonds is 9. The zero-order valence-corrected chi connectivity index (χ0v) is 27.6. The summed E-state index contributed by atoms with van der Waals surface area (Å²) >= 11 is 0. The largest absolute Gasteiger partial charge is 0.389 e. The van der Waals surface area contributed by atoms with E-state index in [9.17, 15) is 9.90 Å². The maximum Gasteiger partial charge on any atom is 0.156 e. The van der Waals surface area contributed by atoms with Crippen molar-refractivity contribution in [2.24, 2.45) is 10.8 Å². The highest BCUT2D eigenvalue weighted by Crippen LogP contribution is 2.41. The van der Waals surface area contributed by atoms with Gasteiger partial charge in [0.1, 0.15) is 0 Å². The van der Waals surface area contributed by atoms with E-state index in [0.717, 1.165) is 23.1 Å². The summed E-state index contributed by atoms with van der Waals surface area (Å²) in [6, 6.07) is 0. The highest BCUT2D eigenvalue weighted by Gasteiger charge is 2.31. The summed E-state index contributed by atoms with van der Waals surface area (Å²) in [5, 5.41) is 10.0. The molecule has 0 fully saturated rings. The molecule has 2 rings (SSSR count). The predicted molar refractivity (Wildman–Crippen MR) is 183 cm³/mol. The topological polar surface area (TPSA) is 37.3 Å². The molecule has 2 aliphatic carbocycles. The molecule has 0 heterocycles. The van der Waals surface area contributed by atoms with Crippen LogP contribution in [0.4, 0.5) is 0 Å². The molecule has 42 heavy (non-hydrogen) atoms. The van der Waals surface area contributed by atoms with Crippen LogP contribution in [0.3, 0.4) is 0 Å². The van der Waals surface area contributed by atoms with E-state index in [1.807, 2.05) is 13.0 Å². The van der Waals surface area contributed by atoms with Crippen molar-refractivity contribution in [2.45, 2.75) is 88.2 Å². The normalized spacial score (nSPS) is 24.6. The quantitative estimate of drug-likeness (QED) is 0.283. The van der Waals surface area contributed by atoms with Crippen molar-refractivity contribution in [3.05, 3.63) is 142 Å². The minimum atomic E-state index is -0.354. The van der Waals surface area contributed by atoms with Crippen LogP contribution in [0.15, 0.2) is 142 Å². The van der Waals surface area contributed by atoms with Crippen LogP contribution in [0.1, 0.15) is 82.1 Å². The van der Waals surface area contributed by atoms with Crippen LogP contribution in [-0.4, -0.2) is 17.0 Å². The lowest BCUT2D eigenvalue weighted by Crippen LogP contribution is -2.26. The molecule has 0 saturated carbocycles. The molecule has 0 amide bonds. The molecular weight excluding hydrogens is 512 g/mol. The van der Waals surface area contributed by atoms with E-state index in [1.165, 1.54) is 27.9 Å². The predicted octanol–water partition coefficient (Wildman–Crippen LogP) is 10.5. The summed E-state index contributed by atoms with van der Waals surface area (Å²) in [5.74, 6) is 0.212. The van der Waals surface area contributed by atoms with Crippen molar-refractivity contribution < 1.29 is 9.90 Å². The van der Waals surface area contributed by atoms with Crippen LogP contribution in [0.5, 0.6) is 0 Å². The second kappa shape index (κ2) is 15.7. The average molecular weight is 565 g/mol. The number of aliphatic hydroxyl groups is 1. The van der Waals surface area contributed by atoms with Crippen molar-refractivity contribution in [3.63, 3.8) is 0 Å². The van der Waals surface area contributed by atoms with Crippen LogP contribution in [0.2, 0.25) is 0 Å². The summed E-state index contributed by atoms with van der Waals surface area (Å²) in [6.07, 6.45) is 34.2. The minimum Gasteiger partial charge on any atom is -0.389 e. The van der Waals surface area contributed by atoms with E-state index in [4.69, 9.17) is 0 Å². The molecular formula is C40H52O2. The third kappa shape index (κ3) is 11.4. The molecule has 0 spiro atoms. The Morgan fingerprint density at radius 2 is 1.12 bits per heavy atom. The van der Waals surface area contributed by atoms with Crippen molar-refractivity contribution in [2.75, 3.05) is 0 Å². The lowest BCUT2D eigenvalue weighted by Gasteiger charge is -2.34. The third-order valence-corrected chi connectivity index (χ3v) is 7.76. The van der Waals surface area contributed by atoms with Gasteiger partial charge in [-0.1, -0.05) is 141 Å². The first-order chi connectivity index (χ1) is 19.6. The average Bonchev–Trinajstić information content (AvgIpc) is 2.84. The molecule has 0 saturated heterocycles. The molecule has 1 atom stereocenters. The minimum absolute atomic E-state index is 0.0289. The fourth-order valence-corrected chi connectivity index (χ4v) is 5.52. The summed E-state index contributed by atoms with van der Waals surface area (Å²) in [4.78, 5) is 11.9. The molecule has 0 bridgehead atoms. The van der Waals surface area contributed by atoms with Gasteiger partial charge in [0.25, 0.3) is 0 Å². The van der Waals surface area contributed by atoms with E-state index in [-0.39, 0.29) is 22.7 Å². The second-order valence-electron chi connectivity index (χ2n) is 13.1. The van der Waals surface area contributed by atoms with Crippen LogP contribution in [0, 0.1) is 10.8 Å². The molecule has 1 unspecified atom stereocenters. The molecule has 2 nitrogen and oxygen atoms in total. The first-order valence-electron chi connectivity index (χ1n) is 15.0. The van der Waals surface area contributed by atoms with Gasteiger partial charge in [0, 0.05) is 6.42 Å². The van der Waals surface area contributed by atoms with Gasteiger partial charge < -0.3 is 5.11 Å². The van der Waals surface area contributed by atoms with E-state index in [1.54, 1.807) is 6.08 Å². The van der Waals surface area contributed by atoms with Crippen LogP contribution in [0.25, 0.3) is 0 Å². The lowest BCUT2D eigenvalue weighted by atomic mass is 9.72. The second-order valence-corrected chi connectivity index (χ2v) is 13.1. The summed E-state index contributed by atoms with van der Waals surface area (Å²) in [7, 11) is 0. The Morgan fingerprint density at radius 1 is 0.690 bits per heavy atom. The Kier molecular flexibility index (Phi) is 12.9. The number of hydrogen-bond donors (Lipinski definition) is 1. The maximum absolute atomic E-state index is 11.9. The van der Waals surface area contributed by atoms with Gasteiger partial charge in [-0.3, -0.25) is 4.79 Å². The van der Waals surface area contributed by atoms with Crippen molar-refractivity contribution in [1.82, 2.24) is 0 Å². The molecule has 224 valence electrons. The summed E-state index contributed by atoms with van der Waals surface area (Å²) in [5.41, 5.74) is 9.28. The smallest absolute Gasteiger partial charge is 0.156 e. The number of ketones is 1. The highest BCUT2D eigenvalue weighted by molar-refractivity contribution is 5.93. The molecule has 1 N–H and O–H groups in total. The zero-order valence-electron chi connectivity index (χ0n) is 27.6. The highest BCUT2D eigenvalue weighted by atomic mass is 16.3. The number of hydrogen-bond acceptors (Lipinski definition) is 2. The van der Waals surface area contributed by atoms with Gasteiger partial charge in [-0.15, -0.1) is 0 Å². The number of allylic oxidation sites excluding steroid dienone is 23. The Labute approximate surface area is 256 Å². The van der Waals surface area contributed by atoms with Gasteiger partial charge in [-0.2, -0.15) is 0 Å². The SMILES string of the molecule is CC(C=CC=CC(C)=CC=CC(C)=CC=C1C(C)=CC(O)CC1(C)C)=CC=CC(C)=CC=C1C(C)=CC(=O)CC1(C)C. The Hall–Kier alpha value is -3.49. The van der Waals surface area contributed by atoms with Gasteiger partial charge in [0.15, 0.2) is 5.78 Å². The Balaban J connectivity index is 1.93. The van der Waals surface area contributed by atoms with Crippen molar-refractivity contribution >= 4 is 5.78 Å². The van der Waals surface area contributed by atoms with Gasteiger partial charge in [0.2, 0.25) is 0 Å². The molecule has 2 aliphatic rings. The third-order valence-electron chi connectivity index (χ3n) is 7.76. The van der Waals surface area contributed by atoms with Crippen LogP contribution < -0.4 is 0 Å².